The molecule has 0 bridgehead atoms. The fourth-order valence-electron chi connectivity index (χ4n) is 1.33. The lowest BCUT2D eigenvalue weighted by molar-refractivity contribution is 0.275. The van der Waals surface area contributed by atoms with Crippen molar-refractivity contribution in [3.05, 3.63) is 22.2 Å². The second-order valence-corrected chi connectivity index (χ2v) is 4.08. The van der Waals surface area contributed by atoms with Gasteiger partial charge in [0.2, 0.25) is 0 Å². The van der Waals surface area contributed by atoms with E-state index in [1.54, 1.807) is 12.1 Å². The van der Waals surface area contributed by atoms with E-state index in [1.807, 2.05) is 0 Å². The van der Waals surface area contributed by atoms with Gasteiger partial charge in [-0.1, -0.05) is 15.9 Å². The Bertz CT molecular complexity index is 349. The average molecular weight is 313 g/mol. The highest BCUT2D eigenvalue weighted by atomic mass is 79.9. The van der Waals surface area contributed by atoms with Crippen molar-refractivity contribution in [2.45, 2.75) is 12.5 Å². The molecule has 0 aliphatic heterocycles. The molecule has 1 aromatic carbocycles. The number of aliphatic hydroxyl groups excluding tert-OH is 1. The van der Waals surface area contributed by atoms with Crippen molar-refractivity contribution in [1.82, 2.24) is 0 Å². The number of ether oxygens (including phenoxy) is 1. The summed E-state index contributed by atoms with van der Waals surface area (Å²) in [5.74, 6) is 0.398. The van der Waals surface area contributed by atoms with Gasteiger partial charge in [0.15, 0.2) is 11.5 Å². The van der Waals surface area contributed by atoms with Gasteiger partial charge in [-0.3, -0.25) is 0 Å². The van der Waals surface area contributed by atoms with Gasteiger partial charge in [0, 0.05) is 22.7 Å². The van der Waals surface area contributed by atoms with E-state index in [9.17, 15) is 5.11 Å². The first-order chi connectivity index (χ1) is 7.10. The molecular formula is C10H15BrClNO3. The van der Waals surface area contributed by atoms with Crippen LogP contribution in [-0.2, 0) is 0 Å². The Hall–Kier alpha value is -0.490. The Morgan fingerprint density at radius 1 is 1.50 bits per heavy atom. The van der Waals surface area contributed by atoms with E-state index >= 15 is 0 Å². The minimum Gasteiger partial charge on any atom is -0.504 e. The number of hydrogen-bond acceptors (Lipinski definition) is 4. The summed E-state index contributed by atoms with van der Waals surface area (Å²) in [7, 11) is 1.48. The molecule has 0 aromatic heterocycles. The number of hydrogen-bond donors (Lipinski definition) is 3. The maximum absolute atomic E-state index is 9.80. The van der Waals surface area contributed by atoms with Crippen LogP contribution in [0.25, 0.3) is 0 Å². The van der Waals surface area contributed by atoms with E-state index in [0.29, 0.717) is 17.7 Å². The molecule has 4 nitrogen and oxygen atoms in total. The molecule has 1 atom stereocenters. The topological polar surface area (TPSA) is 75.7 Å². The molecule has 1 aromatic rings. The minimum absolute atomic E-state index is 0. The SMILES string of the molecule is COc1cc(Br)cc([C@@H](N)CCO)c1O.Cl. The van der Waals surface area contributed by atoms with Gasteiger partial charge in [0.25, 0.3) is 0 Å². The molecule has 0 saturated carbocycles. The zero-order chi connectivity index (χ0) is 11.4. The number of phenolic OH excluding ortho intramolecular Hbond substituents is 1. The van der Waals surface area contributed by atoms with Crippen LogP contribution in [0.3, 0.4) is 0 Å². The van der Waals surface area contributed by atoms with Crippen molar-refractivity contribution in [1.29, 1.82) is 0 Å². The molecule has 0 unspecified atom stereocenters. The summed E-state index contributed by atoms with van der Waals surface area (Å²) in [5.41, 5.74) is 6.37. The molecule has 0 radical (unpaired) electrons. The smallest absolute Gasteiger partial charge is 0.162 e. The molecule has 92 valence electrons. The van der Waals surface area contributed by atoms with Crippen LogP contribution in [0, 0.1) is 0 Å². The number of halogens is 2. The molecule has 0 spiro atoms. The van der Waals surface area contributed by atoms with Crippen molar-refractivity contribution in [3.63, 3.8) is 0 Å². The van der Waals surface area contributed by atoms with Crippen LogP contribution < -0.4 is 10.5 Å². The van der Waals surface area contributed by atoms with E-state index < -0.39 is 6.04 Å². The third-order valence-corrected chi connectivity index (χ3v) is 2.59. The van der Waals surface area contributed by atoms with Crippen LogP contribution in [0.1, 0.15) is 18.0 Å². The number of nitrogens with two attached hydrogens (primary N) is 1. The minimum atomic E-state index is -0.401. The van der Waals surface area contributed by atoms with Gasteiger partial charge in [-0.05, 0) is 18.6 Å². The van der Waals surface area contributed by atoms with Crippen LogP contribution in [0.5, 0.6) is 11.5 Å². The Labute approximate surface area is 109 Å². The Morgan fingerprint density at radius 3 is 2.62 bits per heavy atom. The van der Waals surface area contributed by atoms with Gasteiger partial charge in [-0.25, -0.2) is 0 Å². The summed E-state index contributed by atoms with van der Waals surface area (Å²) in [6.45, 7) is -0.0184. The predicted molar refractivity (Wildman–Crippen MR) is 68.2 cm³/mol. The Kier molecular flexibility index (Phi) is 6.74. The quantitative estimate of drug-likeness (QED) is 0.794. The van der Waals surface area contributed by atoms with Crippen molar-refractivity contribution >= 4 is 28.3 Å². The second kappa shape index (κ2) is 6.96. The lowest BCUT2D eigenvalue weighted by Crippen LogP contribution is -2.12. The third-order valence-electron chi connectivity index (χ3n) is 2.13. The fourth-order valence-corrected chi connectivity index (χ4v) is 1.78. The molecule has 6 heteroatoms. The average Bonchev–Trinajstić information content (AvgIpc) is 2.21. The highest BCUT2D eigenvalue weighted by Gasteiger charge is 2.15. The summed E-state index contributed by atoms with van der Waals surface area (Å²) in [6.07, 6.45) is 0.396. The van der Waals surface area contributed by atoms with Crippen molar-refractivity contribution in [3.8, 4) is 11.5 Å². The summed E-state index contributed by atoms with van der Waals surface area (Å²) in [6, 6.07) is 2.98. The third kappa shape index (κ3) is 3.52. The lowest BCUT2D eigenvalue weighted by Gasteiger charge is -2.15. The predicted octanol–water partition coefficient (Wildman–Crippen LogP) is 1.97. The Morgan fingerprint density at radius 2 is 2.12 bits per heavy atom. The molecule has 0 heterocycles. The van der Waals surface area contributed by atoms with E-state index in [0.717, 1.165) is 4.47 Å². The molecule has 0 amide bonds. The number of aliphatic hydroxyl groups is 1. The lowest BCUT2D eigenvalue weighted by atomic mass is 10.0. The molecule has 0 fully saturated rings. The summed E-state index contributed by atoms with van der Waals surface area (Å²) < 4.78 is 5.77. The monoisotopic (exact) mass is 311 g/mol. The highest BCUT2D eigenvalue weighted by Crippen LogP contribution is 2.36. The number of methoxy groups -OCH3 is 1. The molecule has 0 saturated heterocycles. The summed E-state index contributed by atoms with van der Waals surface area (Å²) >= 11 is 3.30. The zero-order valence-electron chi connectivity index (χ0n) is 8.81. The molecular weight excluding hydrogens is 297 g/mol. The van der Waals surface area contributed by atoms with Crippen molar-refractivity contribution < 1.29 is 14.9 Å². The van der Waals surface area contributed by atoms with E-state index in [4.69, 9.17) is 15.6 Å². The highest BCUT2D eigenvalue weighted by molar-refractivity contribution is 9.10. The van der Waals surface area contributed by atoms with Gasteiger partial charge in [0.05, 0.1) is 7.11 Å². The summed E-state index contributed by atoms with van der Waals surface area (Å²) in [5, 5.41) is 18.6. The molecule has 1 rings (SSSR count). The normalized spacial score (nSPS) is 11.8. The largest absolute Gasteiger partial charge is 0.504 e. The van der Waals surface area contributed by atoms with Gasteiger partial charge in [-0.15, -0.1) is 12.4 Å². The van der Waals surface area contributed by atoms with Crippen molar-refractivity contribution in [2.24, 2.45) is 5.73 Å². The van der Waals surface area contributed by atoms with Gasteiger partial charge in [-0.2, -0.15) is 0 Å². The first-order valence-electron chi connectivity index (χ1n) is 4.53. The van der Waals surface area contributed by atoms with Crippen LogP contribution in [0.2, 0.25) is 0 Å². The van der Waals surface area contributed by atoms with E-state index in [1.165, 1.54) is 7.11 Å². The molecule has 4 N–H and O–H groups in total. The number of aromatic hydroxyl groups is 1. The first kappa shape index (κ1) is 15.5. The molecule has 16 heavy (non-hydrogen) atoms. The Balaban J connectivity index is 0.00000225. The molecule has 0 aliphatic carbocycles. The maximum Gasteiger partial charge on any atom is 0.162 e. The van der Waals surface area contributed by atoms with Gasteiger partial charge >= 0.3 is 0 Å². The fraction of sp³-hybridized carbons (Fsp3) is 0.400. The van der Waals surface area contributed by atoms with Gasteiger partial charge < -0.3 is 20.7 Å². The molecule has 0 aliphatic rings. The standard InChI is InChI=1S/C10H14BrNO3.ClH/c1-15-9-5-6(11)4-7(10(9)14)8(12)2-3-13;/h4-5,8,13-14H,2-3,12H2,1H3;1H/t8-;/m0./s1. The van der Waals surface area contributed by atoms with E-state index in [2.05, 4.69) is 15.9 Å². The van der Waals surface area contributed by atoms with Crippen LogP contribution in [0.15, 0.2) is 16.6 Å². The zero-order valence-corrected chi connectivity index (χ0v) is 11.2. The second-order valence-electron chi connectivity index (χ2n) is 3.16. The van der Waals surface area contributed by atoms with Crippen LogP contribution in [0.4, 0.5) is 0 Å². The number of benzene rings is 1. The number of phenols is 1. The van der Waals surface area contributed by atoms with Crippen molar-refractivity contribution in [2.75, 3.05) is 13.7 Å². The summed E-state index contributed by atoms with van der Waals surface area (Å²) in [4.78, 5) is 0. The van der Waals surface area contributed by atoms with E-state index in [-0.39, 0.29) is 24.8 Å². The van der Waals surface area contributed by atoms with Gasteiger partial charge in [0.1, 0.15) is 0 Å². The van der Waals surface area contributed by atoms with Crippen LogP contribution >= 0.6 is 28.3 Å². The first-order valence-corrected chi connectivity index (χ1v) is 5.32. The number of rotatable bonds is 4. The maximum atomic E-state index is 9.80. The van der Waals surface area contributed by atoms with Crippen LogP contribution in [-0.4, -0.2) is 23.9 Å².